The maximum atomic E-state index is 12.4. The van der Waals surface area contributed by atoms with Gasteiger partial charge in [0, 0.05) is 0 Å². The second kappa shape index (κ2) is 15.1. The minimum atomic E-state index is -1.11. The Bertz CT molecular complexity index is 567. The monoisotopic (exact) mass is 390 g/mol. The lowest BCUT2D eigenvalue weighted by molar-refractivity contribution is 0.0262. The largest absolute Gasteiger partial charge is 0.478 e. The molecule has 0 aromatic heterocycles. The highest BCUT2D eigenvalue weighted by molar-refractivity contribution is 6.02. The van der Waals surface area contributed by atoms with Gasteiger partial charge in [-0.05, 0) is 31.4 Å². The van der Waals surface area contributed by atoms with E-state index >= 15 is 0 Å². The average Bonchev–Trinajstić information content (AvgIpc) is 2.70. The van der Waals surface area contributed by atoms with Gasteiger partial charge in [0.25, 0.3) is 0 Å². The van der Waals surface area contributed by atoms with Crippen molar-refractivity contribution >= 4 is 11.9 Å². The number of ether oxygens (including phenoxy) is 1. The van der Waals surface area contributed by atoms with Crippen molar-refractivity contribution in [1.82, 2.24) is 0 Å². The molecule has 0 aliphatic carbocycles. The zero-order valence-electron chi connectivity index (χ0n) is 17.8. The van der Waals surface area contributed by atoms with Crippen molar-refractivity contribution in [2.24, 2.45) is 0 Å². The van der Waals surface area contributed by atoms with E-state index in [2.05, 4.69) is 6.92 Å². The van der Waals surface area contributed by atoms with E-state index in [0.717, 1.165) is 25.7 Å². The van der Waals surface area contributed by atoms with Gasteiger partial charge < -0.3 is 9.84 Å². The topological polar surface area (TPSA) is 63.6 Å². The number of aromatic carboxylic acids is 1. The van der Waals surface area contributed by atoms with Crippen molar-refractivity contribution in [1.29, 1.82) is 0 Å². The number of benzene rings is 1. The normalized spacial score (nSPS) is 11.9. The standard InChI is InChI=1S/C24H38O4/c1-3-5-6-7-8-9-10-11-12-13-14-17-20(4-2)28-24(27)22-19-16-15-18-21(22)23(25)26/h15-16,18-20H,3-14,17H2,1-2H3,(H,25,26). The molecule has 0 radical (unpaired) electrons. The fourth-order valence-electron chi connectivity index (χ4n) is 3.45. The molecule has 0 spiro atoms. The maximum absolute atomic E-state index is 12.4. The van der Waals surface area contributed by atoms with Crippen molar-refractivity contribution in [3.8, 4) is 0 Å². The number of rotatable bonds is 16. The van der Waals surface area contributed by atoms with Gasteiger partial charge >= 0.3 is 11.9 Å². The molecule has 0 saturated carbocycles. The van der Waals surface area contributed by atoms with Crippen LogP contribution in [0.2, 0.25) is 0 Å². The summed E-state index contributed by atoms with van der Waals surface area (Å²) in [6, 6.07) is 6.22. The highest BCUT2D eigenvalue weighted by Gasteiger charge is 2.20. The van der Waals surface area contributed by atoms with E-state index in [1.807, 2.05) is 6.92 Å². The summed E-state index contributed by atoms with van der Waals surface area (Å²) in [7, 11) is 0. The van der Waals surface area contributed by atoms with E-state index in [4.69, 9.17) is 4.74 Å². The highest BCUT2D eigenvalue weighted by Crippen LogP contribution is 2.17. The summed E-state index contributed by atoms with van der Waals surface area (Å²) in [6.07, 6.45) is 15.6. The van der Waals surface area contributed by atoms with Gasteiger partial charge in [0.05, 0.1) is 11.1 Å². The van der Waals surface area contributed by atoms with Crippen LogP contribution in [0, 0.1) is 0 Å². The molecule has 0 bridgehead atoms. The summed E-state index contributed by atoms with van der Waals surface area (Å²) < 4.78 is 5.57. The third kappa shape index (κ3) is 9.91. The van der Waals surface area contributed by atoms with Crippen molar-refractivity contribution in [3.63, 3.8) is 0 Å². The Labute approximate surface area is 170 Å². The minimum Gasteiger partial charge on any atom is -0.478 e. The SMILES string of the molecule is CCCCCCCCCCCCCC(CC)OC(=O)c1ccccc1C(=O)O. The van der Waals surface area contributed by atoms with Gasteiger partial charge in [-0.15, -0.1) is 0 Å². The van der Waals surface area contributed by atoms with Gasteiger partial charge in [-0.3, -0.25) is 0 Å². The zero-order chi connectivity index (χ0) is 20.6. The maximum Gasteiger partial charge on any atom is 0.339 e. The molecule has 0 aliphatic rings. The highest BCUT2D eigenvalue weighted by atomic mass is 16.5. The Morgan fingerprint density at radius 3 is 1.82 bits per heavy atom. The smallest absolute Gasteiger partial charge is 0.339 e. The van der Waals surface area contributed by atoms with Crippen LogP contribution >= 0.6 is 0 Å². The second-order valence-corrected chi connectivity index (χ2v) is 7.61. The molecule has 28 heavy (non-hydrogen) atoms. The van der Waals surface area contributed by atoms with Crippen molar-refractivity contribution in [3.05, 3.63) is 35.4 Å². The predicted octanol–water partition coefficient (Wildman–Crippen LogP) is 7.02. The molecule has 1 N–H and O–H groups in total. The Hall–Kier alpha value is -1.84. The van der Waals surface area contributed by atoms with Gasteiger partial charge in [0.1, 0.15) is 6.10 Å². The molecular weight excluding hydrogens is 352 g/mol. The lowest BCUT2D eigenvalue weighted by Crippen LogP contribution is -2.19. The first-order chi connectivity index (χ1) is 13.6. The van der Waals surface area contributed by atoms with Crippen LogP contribution in [0.15, 0.2) is 24.3 Å². The molecule has 1 unspecified atom stereocenters. The number of esters is 1. The lowest BCUT2D eigenvalue weighted by Gasteiger charge is -2.17. The van der Waals surface area contributed by atoms with E-state index in [-0.39, 0.29) is 17.2 Å². The number of carbonyl (C=O) groups is 2. The quantitative estimate of drug-likeness (QED) is 0.243. The molecule has 1 atom stereocenters. The van der Waals surface area contributed by atoms with Crippen LogP contribution < -0.4 is 0 Å². The summed E-state index contributed by atoms with van der Waals surface area (Å²) in [5.41, 5.74) is 0.129. The minimum absolute atomic E-state index is 0.00273. The molecule has 0 saturated heterocycles. The number of unbranched alkanes of at least 4 members (excludes halogenated alkanes) is 10. The van der Waals surface area contributed by atoms with Crippen LogP contribution in [0.1, 0.15) is 118 Å². The molecule has 0 heterocycles. The molecule has 4 nitrogen and oxygen atoms in total. The molecule has 158 valence electrons. The molecule has 0 fully saturated rings. The van der Waals surface area contributed by atoms with E-state index < -0.39 is 11.9 Å². The summed E-state index contributed by atoms with van der Waals surface area (Å²) in [5, 5.41) is 9.21. The van der Waals surface area contributed by atoms with Crippen LogP contribution in [-0.4, -0.2) is 23.1 Å². The second-order valence-electron chi connectivity index (χ2n) is 7.61. The van der Waals surface area contributed by atoms with Gasteiger partial charge in [-0.25, -0.2) is 9.59 Å². The molecular formula is C24H38O4. The summed E-state index contributed by atoms with van der Waals surface area (Å²) in [6.45, 7) is 4.25. The first kappa shape index (κ1) is 24.2. The van der Waals surface area contributed by atoms with E-state index in [0.29, 0.717) is 0 Å². The van der Waals surface area contributed by atoms with E-state index in [1.165, 1.54) is 69.9 Å². The average molecular weight is 391 g/mol. The van der Waals surface area contributed by atoms with Gasteiger partial charge in [0.2, 0.25) is 0 Å². The zero-order valence-corrected chi connectivity index (χ0v) is 17.8. The van der Waals surface area contributed by atoms with Gasteiger partial charge in [0.15, 0.2) is 0 Å². The summed E-state index contributed by atoms with van der Waals surface area (Å²) in [5.74, 6) is -1.64. The van der Waals surface area contributed by atoms with E-state index in [1.54, 1.807) is 12.1 Å². The predicted molar refractivity (Wildman–Crippen MR) is 114 cm³/mol. The van der Waals surface area contributed by atoms with E-state index in [9.17, 15) is 14.7 Å². The van der Waals surface area contributed by atoms with Crippen LogP contribution in [0.3, 0.4) is 0 Å². The molecule has 1 aromatic carbocycles. The molecule has 4 heteroatoms. The fourth-order valence-corrected chi connectivity index (χ4v) is 3.45. The van der Waals surface area contributed by atoms with Crippen LogP contribution in [0.25, 0.3) is 0 Å². The Balaban J connectivity index is 2.20. The molecule has 0 amide bonds. The van der Waals surface area contributed by atoms with Crippen LogP contribution in [-0.2, 0) is 4.74 Å². The summed E-state index contributed by atoms with van der Waals surface area (Å²) >= 11 is 0. The number of hydrogen-bond acceptors (Lipinski definition) is 3. The van der Waals surface area contributed by atoms with Gasteiger partial charge in [-0.2, -0.15) is 0 Å². The third-order valence-corrected chi connectivity index (χ3v) is 5.24. The number of carbonyl (C=O) groups excluding carboxylic acids is 1. The Morgan fingerprint density at radius 2 is 1.32 bits per heavy atom. The third-order valence-electron chi connectivity index (χ3n) is 5.24. The molecule has 1 rings (SSSR count). The lowest BCUT2D eigenvalue weighted by atomic mass is 10.0. The van der Waals surface area contributed by atoms with Crippen LogP contribution in [0.5, 0.6) is 0 Å². The van der Waals surface area contributed by atoms with Crippen LogP contribution in [0.4, 0.5) is 0 Å². The Morgan fingerprint density at radius 1 is 0.821 bits per heavy atom. The summed E-state index contributed by atoms with van der Waals surface area (Å²) in [4.78, 5) is 23.6. The van der Waals surface area contributed by atoms with Crippen molar-refractivity contribution < 1.29 is 19.4 Å². The molecule has 0 aliphatic heterocycles. The van der Waals surface area contributed by atoms with Crippen molar-refractivity contribution in [2.45, 2.75) is 103 Å². The fraction of sp³-hybridized carbons (Fsp3) is 0.667. The Kier molecular flexibility index (Phi) is 13.1. The number of carboxylic acids is 1. The number of carboxylic acid groups (broad SMARTS) is 1. The first-order valence-electron chi connectivity index (χ1n) is 11.1. The molecule has 1 aromatic rings. The number of hydrogen-bond donors (Lipinski definition) is 1. The first-order valence-corrected chi connectivity index (χ1v) is 11.1. The van der Waals surface area contributed by atoms with Gasteiger partial charge in [-0.1, -0.05) is 90.2 Å². The van der Waals surface area contributed by atoms with Crippen molar-refractivity contribution in [2.75, 3.05) is 0 Å².